The van der Waals surface area contributed by atoms with Gasteiger partial charge in [0.1, 0.15) is 29.5 Å². The molecule has 0 aliphatic rings. The van der Waals surface area contributed by atoms with Gasteiger partial charge >= 0.3 is 0 Å². The zero-order valence-electron chi connectivity index (χ0n) is 22.7. The number of nitrogens with zero attached hydrogens (tertiary/aromatic N) is 2. The Balaban J connectivity index is 0.000000350. The van der Waals surface area contributed by atoms with Crippen LogP contribution in [0.2, 0.25) is 5.02 Å². The molecule has 1 unspecified atom stereocenters. The summed E-state index contributed by atoms with van der Waals surface area (Å²) in [5, 5.41) is 8.17. The fourth-order valence-electron chi connectivity index (χ4n) is 3.93. The van der Waals surface area contributed by atoms with E-state index in [1.807, 2.05) is 68.4 Å². The average molecular weight is 579 g/mol. The molecule has 6 nitrogen and oxygen atoms in total. The monoisotopic (exact) mass is 578 g/mol. The zero-order chi connectivity index (χ0) is 28.5. The topological polar surface area (TPSA) is 80.0 Å². The number of fused-ring (bicyclic) bond motifs is 1. The van der Waals surface area contributed by atoms with Crippen molar-refractivity contribution in [2.75, 3.05) is 23.9 Å². The summed E-state index contributed by atoms with van der Waals surface area (Å²) in [6.07, 6.45) is 4.14. The predicted octanol–water partition coefficient (Wildman–Crippen LogP) is 7.45. The van der Waals surface area contributed by atoms with Crippen molar-refractivity contribution in [3.8, 4) is 11.3 Å². The number of furan rings is 1. The van der Waals surface area contributed by atoms with E-state index in [1.165, 1.54) is 6.07 Å². The van der Waals surface area contributed by atoms with Gasteiger partial charge in [0.05, 0.1) is 12.1 Å². The number of hydrogen-bond acceptors (Lipinski definition) is 6. The van der Waals surface area contributed by atoms with Crippen molar-refractivity contribution < 1.29 is 13.0 Å². The molecular formula is C31H32ClFN4O2S. The van der Waals surface area contributed by atoms with Gasteiger partial charge in [-0.3, -0.25) is 4.21 Å². The van der Waals surface area contributed by atoms with Gasteiger partial charge in [0.15, 0.2) is 0 Å². The molecule has 208 valence electrons. The van der Waals surface area contributed by atoms with Gasteiger partial charge in [0, 0.05) is 51.0 Å². The summed E-state index contributed by atoms with van der Waals surface area (Å²) in [5.41, 5.74) is 4.71. The van der Waals surface area contributed by atoms with E-state index in [0.29, 0.717) is 29.7 Å². The molecule has 2 N–H and O–H groups in total. The summed E-state index contributed by atoms with van der Waals surface area (Å²) in [7, 11) is -0.800. The maximum atomic E-state index is 12.4. The highest BCUT2D eigenvalue weighted by molar-refractivity contribution is 7.84. The van der Waals surface area contributed by atoms with E-state index in [4.69, 9.17) is 16.0 Å². The highest BCUT2D eigenvalue weighted by Gasteiger charge is 2.10. The first-order chi connectivity index (χ1) is 19.3. The van der Waals surface area contributed by atoms with Crippen LogP contribution in [-0.2, 0) is 23.8 Å². The molecule has 2 aromatic heterocycles. The third kappa shape index (κ3) is 8.21. The molecule has 2 heterocycles. The number of halogens is 2. The predicted molar refractivity (Wildman–Crippen MR) is 163 cm³/mol. The number of nitrogens with one attached hydrogen (secondary N) is 2. The second-order valence-corrected chi connectivity index (χ2v) is 11.2. The van der Waals surface area contributed by atoms with Crippen molar-refractivity contribution in [2.24, 2.45) is 0 Å². The third-order valence-corrected chi connectivity index (χ3v) is 7.37. The normalized spacial score (nSPS) is 11.6. The second-order valence-electron chi connectivity index (χ2n) is 9.25. The summed E-state index contributed by atoms with van der Waals surface area (Å²) in [6, 6.07) is 22.3. The van der Waals surface area contributed by atoms with E-state index in [1.54, 1.807) is 24.7 Å². The van der Waals surface area contributed by atoms with Crippen LogP contribution >= 0.6 is 11.6 Å². The van der Waals surface area contributed by atoms with Gasteiger partial charge in [-0.2, -0.15) is 0 Å². The first-order valence-corrected chi connectivity index (χ1v) is 15.0. The molecule has 0 radical (unpaired) electrons. The standard InChI is InChI=1S/C23H23ClN4O2S.C8H9F/c1-15-3-5-17(12-20(15)24)28-23-19-11-16(4-7-21(19)26-14-27-23)22-8-6-18(30-22)13-25-9-10-31(2)29;1-2-7-4-3-5-8(9)6-7/h3-8,11-12,14,25H,9-10,13H2,1-2H3,(H,26,27,28);3-6H,2H2,1H3. The number of benzene rings is 3. The van der Waals surface area contributed by atoms with Crippen molar-refractivity contribution in [1.82, 2.24) is 15.3 Å². The minimum absolute atomic E-state index is 0.144. The number of hydrogen-bond donors (Lipinski definition) is 2. The lowest BCUT2D eigenvalue weighted by Gasteiger charge is -2.10. The lowest BCUT2D eigenvalue weighted by Crippen LogP contribution is -2.19. The van der Waals surface area contributed by atoms with E-state index < -0.39 is 10.8 Å². The van der Waals surface area contributed by atoms with E-state index in [-0.39, 0.29) is 5.82 Å². The lowest BCUT2D eigenvalue weighted by molar-refractivity contribution is 0.499. The van der Waals surface area contributed by atoms with Crippen LogP contribution < -0.4 is 10.6 Å². The average Bonchev–Trinajstić information content (AvgIpc) is 3.42. The molecule has 5 rings (SSSR count). The van der Waals surface area contributed by atoms with Crippen LogP contribution in [0.15, 0.2) is 83.5 Å². The van der Waals surface area contributed by atoms with Gasteiger partial charge in [0.2, 0.25) is 0 Å². The Hall–Kier alpha value is -3.59. The van der Waals surface area contributed by atoms with Crippen molar-refractivity contribution >= 4 is 44.8 Å². The van der Waals surface area contributed by atoms with Gasteiger partial charge < -0.3 is 15.1 Å². The highest BCUT2D eigenvalue weighted by Crippen LogP contribution is 2.30. The Morgan fingerprint density at radius 1 is 1.02 bits per heavy atom. The van der Waals surface area contributed by atoms with E-state index in [0.717, 1.165) is 51.2 Å². The van der Waals surface area contributed by atoms with Crippen molar-refractivity contribution in [1.29, 1.82) is 0 Å². The van der Waals surface area contributed by atoms with Gasteiger partial charge in [-0.1, -0.05) is 36.7 Å². The van der Waals surface area contributed by atoms with Crippen LogP contribution in [-0.4, -0.2) is 32.7 Å². The molecule has 0 bridgehead atoms. The Morgan fingerprint density at radius 3 is 2.60 bits per heavy atom. The Bertz CT molecular complexity index is 1610. The number of aryl methyl sites for hydroxylation is 2. The Morgan fingerprint density at radius 2 is 1.88 bits per heavy atom. The van der Waals surface area contributed by atoms with Crippen molar-refractivity contribution in [3.05, 3.63) is 107 Å². The van der Waals surface area contributed by atoms with Crippen molar-refractivity contribution in [3.63, 3.8) is 0 Å². The van der Waals surface area contributed by atoms with Gasteiger partial charge in [0.25, 0.3) is 0 Å². The fourth-order valence-corrected chi connectivity index (χ4v) is 4.54. The molecule has 0 amide bonds. The molecule has 5 aromatic rings. The molecule has 0 spiro atoms. The van der Waals surface area contributed by atoms with Gasteiger partial charge in [-0.25, -0.2) is 14.4 Å². The molecule has 0 saturated carbocycles. The molecule has 40 heavy (non-hydrogen) atoms. The molecule has 0 aliphatic heterocycles. The smallest absolute Gasteiger partial charge is 0.141 e. The summed E-state index contributed by atoms with van der Waals surface area (Å²) < 4.78 is 29.5. The largest absolute Gasteiger partial charge is 0.460 e. The SMILES string of the molecule is CCc1cccc(F)c1.Cc1ccc(Nc2ncnc3ccc(-c4ccc(CNCCS(C)=O)o4)cc23)cc1Cl. The molecule has 0 aliphatic carbocycles. The first-order valence-electron chi connectivity index (χ1n) is 12.9. The Labute approximate surface area is 241 Å². The molecular weight excluding hydrogens is 547 g/mol. The van der Waals surface area contributed by atoms with Crippen LogP contribution in [0.3, 0.4) is 0 Å². The second kappa shape index (κ2) is 14.2. The number of anilines is 2. The summed E-state index contributed by atoms with van der Waals surface area (Å²) in [5.74, 6) is 2.78. The highest BCUT2D eigenvalue weighted by atomic mass is 35.5. The number of aromatic nitrogens is 2. The van der Waals surface area contributed by atoms with Crippen LogP contribution in [0.25, 0.3) is 22.2 Å². The molecule has 1 atom stereocenters. The molecule has 3 aromatic carbocycles. The zero-order valence-corrected chi connectivity index (χ0v) is 24.3. The van der Waals surface area contributed by atoms with E-state index >= 15 is 0 Å². The molecule has 0 fully saturated rings. The third-order valence-electron chi connectivity index (χ3n) is 6.18. The Kier molecular flexibility index (Phi) is 10.4. The summed E-state index contributed by atoms with van der Waals surface area (Å²) in [6.45, 7) is 5.25. The molecule has 9 heteroatoms. The quantitative estimate of drug-likeness (QED) is 0.177. The van der Waals surface area contributed by atoms with Crippen LogP contribution in [0.1, 0.15) is 23.8 Å². The maximum Gasteiger partial charge on any atom is 0.141 e. The van der Waals surface area contributed by atoms with Crippen molar-refractivity contribution in [2.45, 2.75) is 26.8 Å². The number of rotatable bonds is 9. The van der Waals surface area contributed by atoms with Gasteiger partial charge in [-0.15, -0.1) is 0 Å². The fraction of sp³-hybridized carbons (Fsp3) is 0.226. The first kappa shape index (κ1) is 29.4. The molecule has 0 saturated heterocycles. The maximum absolute atomic E-state index is 12.4. The van der Waals surface area contributed by atoms with E-state index in [2.05, 4.69) is 20.6 Å². The van der Waals surface area contributed by atoms with Crippen LogP contribution in [0.4, 0.5) is 15.9 Å². The van der Waals surface area contributed by atoms with Crippen LogP contribution in [0.5, 0.6) is 0 Å². The van der Waals surface area contributed by atoms with Crippen LogP contribution in [0, 0.1) is 12.7 Å². The van der Waals surface area contributed by atoms with Gasteiger partial charge in [-0.05, 0) is 79.1 Å². The minimum Gasteiger partial charge on any atom is -0.460 e. The summed E-state index contributed by atoms with van der Waals surface area (Å²) in [4.78, 5) is 8.80. The van der Waals surface area contributed by atoms with E-state index in [9.17, 15) is 8.60 Å². The summed E-state index contributed by atoms with van der Waals surface area (Å²) >= 11 is 6.26. The minimum atomic E-state index is -0.800. The lowest BCUT2D eigenvalue weighted by atomic mass is 10.1.